The van der Waals surface area contributed by atoms with E-state index in [1.807, 2.05) is 36.5 Å². The first kappa shape index (κ1) is 17.0. The van der Waals surface area contributed by atoms with Crippen LogP contribution < -0.4 is 11.1 Å². The molecule has 0 saturated carbocycles. The van der Waals surface area contributed by atoms with Gasteiger partial charge in [-0.05, 0) is 66.3 Å². The molecule has 0 bridgehead atoms. The van der Waals surface area contributed by atoms with Crippen molar-refractivity contribution < 1.29 is 4.79 Å². The van der Waals surface area contributed by atoms with Crippen LogP contribution in [0.2, 0.25) is 0 Å². The molecule has 128 valence electrons. The van der Waals surface area contributed by atoms with Crippen LogP contribution in [0.4, 0.5) is 5.69 Å². The number of hydrogen-bond acceptors (Lipinski definition) is 3. The minimum Gasteiger partial charge on any atom is -0.399 e. The van der Waals surface area contributed by atoms with Crippen molar-refractivity contribution in [1.82, 2.24) is 10.3 Å². The molecule has 1 aromatic heterocycles. The number of carbonyl (C=O) groups excluding carboxylic acids is 1. The summed E-state index contributed by atoms with van der Waals surface area (Å²) < 4.78 is 0. The SMILES string of the molecule is CCc1cc2nccc(CCc3ccc(N)cc3)c2cc1C(=O)NC. The first-order valence-electron chi connectivity index (χ1n) is 8.59. The predicted molar refractivity (Wildman–Crippen MR) is 103 cm³/mol. The number of benzene rings is 2. The molecule has 1 heterocycles. The summed E-state index contributed by atoms with van der Waals surface area (Å²) >= 11 is 0. The number of aryl methyl sites for hydroxylation is 3. The van der Waals surface area contributed by atoms with Crippen molar-refractivity contribution in [3.8, 4) is 0 Å². The summed E-state index contributed by atoms with van der Waals surface area (Å²) in [5.74, 6) is -0.0490. The second-order valence-corrected chi connectivity index (χ2v) is 6.17. The minimum absolute atomic E-state index is 0.0490. The molecule has 3 rings (SSSR count). The van der Waals surface area contributed by atoms with Crippen molar-refractivity contribution in [2.75, 3.05) is 12.8 Å². The standard InChI is InChI=1S/C21H23N3O/c1-3-15-12-20-18(13-19(15)21(25)23-2)16(10-11-24-20)7-4-14-5-8-17(22)9-6-14/h5-6,8-13H,3-4,7,22H2,1-2H3,(H,23,25). The molecule has 0 aliphatic carbocycles. The number of aromatic nitrogens is 1. The first-order valence-corrected chi connectivity index (χ1v) is 8.59. The molecule has 2 aromatic carbocycles. The number of rotatable bonds is 5. The van der Waals surface area contributed by atoms with Gasteiger partial charge in [-0.15, -0.1) is 0 Å². The number of anilines is 1. The summed E-state index contributed by atoms with van der Waals surface area (Å²) in [7, 11) is 1.66. The number of pyridine rings is 1. The summed E-state index contributed by atoms with van der Waals surface area (Å²) in [5.41, 5.74) is 11.7. The zero-order valence-electron chi connectivity index (χ0n) is 14.7. The molecule has 0 aliphatic heterocycles. The van der Waals surface area contributed by atoms with E-state index in [9.17, 15) is 4.79 Å². The van der Waals surface area contributed by atoms with Gasteiger partial charge < -0.3 is 11.1 Å². The fourth-order valence-corrected chi connectivity index (χ4v) is 3.11. The van der Waals surface area contributed by atoms with E-state index in [-0.39, 0.29) is 5.91 Å². The van der Waals surface area contributed by atoms with E-state index in [1.54, 1.807) is 7.05 Å². The van der Waals surface area contributed by atoms with Crippen molar-refractivity contribution in [2.24, 2.45) is 0 Å². The van der Waals surface area contributed by atoms with E-state index in [4.69, 9.17) is 5.73 Å². The molecule has 0 atom stereocenters. The fourth-order valence-electron chi connectivity index (χ4n) is 3.11. The topological polar surface area (TPSA) is 68.0 Å². The number of nitrogens with two attached hydrogens (primary N) is 1. The molecule has 4 heteroatoms. The lowest BCUT2D eigenvalue weighted by Crippen LogP contribution is -2.19. The Morgan fingerprint density at radius 1 is 1.08 bits per heavy atom. The van der Waals surface area contributed by atoms with Crippen LogP contribution in [0, 0.1) is 0 Å². The molecule has 1 amide bonds. The summed E-state index contributed by atoms with van der Waals surface area (Å²) in [4.78, 5) is 16.7. The second-order valence-electron chi connectivity index (χ2n) is 6.17. The quantitative estimate of drug-likeness (QED) is 0.702. The normalized spacial score (nSPS) is 10.8. The smallest absolute Gasteiger partial charge is 0.251 e. The Hall–Kier alpha value is -2.88. The van der Waals surface area contributed by atoms with E-state index in [1.165, 1.54) is 11.1 Å². The van der Waals surface area contributed by atoms with E-state index in [0.29, 0.717) is 0 Å². The van der Waals surface area contributed by atoms with Gasteiger partial charge in [0.2, 0.25) is 0 Å². The summed E-state index contributed by atoms with van der Waals surface area (Å²) in [5, 5.41) is 3.78. The van der Waals surface area contributed by atoms with Gasteiger partial charge in [0.15, 0.2) is 0 Å². The zero-order valence-corrected chi connectivity index (χ0v) is 14.7. The third kappa shape index (κ3) is 3.63. The number of fused-ring (bicyclic) bond motifs is 1. The lowest BCUT2D eigenvalue weighted by atomic mass is 9.96. The highest BCUT2D eigenvalue weighted by Crippen LogP contribution is 2.24. The van der Waals surface area contributed by atoms with Crippen molar-refractivity contribution in [3.63, 3.8) is 0 Å². The molecule has 0 fully saturated rings. The van der Waals surface area contributed by atoms with Crippen LogP contribution in [0.5, 0.6) is 0 Å². The molecule has 0 aliphatic rings. The van der Waals surface area contributed by atoms with Gasteiger partial charge in [0.1, 0.15) is 0 Å². The lowest BCUT2D eigenvalue weighted by molar-refractivity contribution is 0.0962. The Balaban J connectivity index is 1.97. The summed E-state index contributed by atoms with van der Waals surface area (Å²) in [6.45, 7) is 2.05. The van der Waals surface area contributed by atoms with E-state index in [2.05, 4.69) is 29.4 Å². The van der Waals surface area contributed by atoms with Crippen LogP contribution in [0.25, 0.3) is 10.9 Å². The maximum atomic E-state index is 12.2. The number of amides is 1. The van der Waals surface area contributed by atoms with E-state index >= 15 is 0 Å². The summed E-state index contributed by atoms with van der Waals surface area (Å²) in [6.07, 6.45) is 4.46. The highest BCUT2D eigenvalue weighted by Gasteiger charge is 2.13. The average Bonchev–Trinajstić information content (AvgIpc) is 2.65. The Labute approximate surface area is 148 Å². The molecule has 0 saturated heterocycles. The molecule has 4 nitrogen and oxygen atoms in total. The molecule has 25 heavy (non-hydrogen) atoms. The third-order valence-electron chi connectivity index (χ3n) is 4.57. The largest absolute Gasteiger partial charge is 0.399 e. The number of nitrogen functional groups attached to an aromatic ring is 1. The molecule has 3 N–H and O–H groups in total. The van der Waals surface area contributed by atoms with Gasteiger partial charge in [-0.25, -0.2) is 0 Å². The van der Waals surface area contributed by atoms with Crippen molar-refractivity contribution in [2.45, 2.75) is 26.2 Å². The maximum absolute atomic E-state index is 12.2. The molecule has 0 spiro atoms. The van der Waals surface area contributed by atoms with E-state index in [0.717, 1.165) is 47.0 Å². The molecular weight excluding hydrogens is 310 g/mol. The zero-order chi connectivity index (χ0) is 17.8. The van der Waals surface area contributed by atoms with Crippen LogP contribution >= 0.6 is 0 Å². The maximum Gasteiger partial charge on any atom is 0.251 e. The van der Waals surface area contributed by atoms with Gasteiger partial charge in [0, 0.05) is 29.9 Å². The molecule has 3 aromatic rings. The molecule has 0 unspecified atom stereocenters. The average molecular weight is 333 g/mol. The second kappa shape index (κ2) is 7.34. The Morgan fingerprint density at radius 2 is 1.84 bits per heavy atom. The summed E-state index contributed by atoms with van der Waals surface area (Å²) in [6, 6.07) is 14.0. The molecular formula is C21H23N3O. The number of hydrogen-bond donors (Lipinski definition) is 2. The van der Waals surface area contributed by atoms with Gasteiger partial charge in [0.05, 0.1) is 5.52 Å². The van der Waals surface area contributed by atoms with Crippen LogP contribution in [0.1, 0.15) is 34.0 Å². The fraction of sp³-hybridized carbons (Fsp3) is 0.238. The highest BCUT2D eigenvalue weighted by molar-refractivity contribution is 6.00. The van der Waals surface area contributed by atoms with Gasteiger partial charge in [0.25, 0.3) is 5.91 Å². The Morgan fingerprint density at radius 3 is 2.52 bits per heavy atom. The van der Waals surface area contributed by atoms with Crippen molar-refractivity contribution in [1.29, 1.82) is 0 Å². The first-order chi connectivity index (χ1) is 12.1. The monoisotopic (exact) mass is 333 g/mol. The van der Waals surface area contributed by atoms with Crippen LogP contribution in [-0.4, -0.2) is 17.9 Å². The van der Waals surface area contributed by atoms with Crippen molar-refractivity contribution >= 4 is 22.5 Å². The van der Waals surface area contributed by atoms with Gasteiger partial charge in [-0.2, -0.15) is 0 Å². The predicted octanol–water partition coefficient (Wildman–Crippen LogP) is 3.52. The highest BCUT2D eigenvalue weighted by atomic mass is 16.1. The van der Waals surface area contributed by atoms with Crippen LogP contribution in [0.15, 0.2) is 48.7 Å². The van der Waals surface area contributed by atoms with Gasteiger partial charge >= 0.3 is 0 Å². The Kier molecular flexibility index (Phi) is 4.98. The minimum atomic E-state index is -0.0490. The molecule has 0 radical (unpaired) electrons. The van der Waals surface area contributed by atoms with Gasteiger partial charge in [-0.3, -0.25) is 9.78 Å². The van der Waals surface area contributed by atoms with Crippen molar-refractivity contribution in [3.05, 3.63) is 70.9 Å². The number of nitrogens with one attached hydrogen (secondary N) is 1. The number of nitrogens with zero attached hydrogens (tertiary/aromatic N) is 1. The Bertz CT molecular complexity index is 901. The van der Waals surface area contributed by atoms with Gasteiger partial charge in [-0.1, -0.05) is 19.1 Å². The number of carbonyl (C=O) groups is 1. The van der Waals surface area contributed by atoms with Crippen LogP contribution in [-0.2, 0) is 19.3 Å². The van der Waals surface area contributed by atoms with Crippen LogP contribution in [0.3, 0.4) is 0 Å². The lowest BCUT2D eigenvalue weighted by Gasteiger charge is -2.12. The third-order valence-corrected chi connectivity index (χ3v) is 4.57. The van der Waals surface area contributed by atoms with E-state index < -0.39 is 0 Å².